The van der Waals surface area contributed by atoms with Gasteiger partial charge < -0.3 is 10.2 Å². The number of hydrogen-bond acceptors (Lipinski definition) is 2. The molecule has 1 N–H and O–H groups in total. The first kappa shape index (κ1) is 13.0. The molecule has 0 aromatic carbocycles. The Labute approximate surface area is 97.4 Å². The molecule has 92 valence electrons. The first-order valence-corrected chi connectivity index (χ1v) is 6.12. The lowest BCUT2D eigenvalue weighted by atomic mass is 10.00. The fourth-order valence-corrected chi connectivity index (χ4v) is 2.05. The minimum absolute atomic E-state index is 0.0407. The summed E-state index contributed by atoms with van der Waals surface area (Å²) >= 11 is 0. The number of piperazine rings is 1. The molecule has 0 spiro atoms. The third-order valence-corrected chi connectivity index (χ3v) is 3.47. The molecule has 0 aromatic heterocycles. The van der Waals surface area contributed by atoms with E-state index < -0.39 is 0 Å². The number of hydrogen-bond donors (Lipinski definition) is 1. The lowest BCUT2D eigenvalue weighted by Gasteiger charge is -2.37. The Morgan fingerprint density at radius 2 is 1.81 bits per heavy atom. The minimum atomic E-state index is -0.377. The molecule has 2 unspecified atom stereocenters. The van der Waals surface area contributed by atoms with Crippen molar-refractivity contribution in [3.8, 4) is 0 Å². The van der Waals surface area contributed by atoms with Crippen LogP contribution in [0.4, 0.5) is 0 Å². The molecule has 0 aromatic rings. The van der Waals surface area contributed by atoms with Gasteiger partial charge in [0.1, 0.15) is 12.1 Å². The van der Waals surface area contributed by atoms with Crippen molar-refractivity contribution in [3.05, 3.63) is 0 Å². The summed E-state index contributed by atoms with van der Waals surface area (Å²) in [7, 11) is 0. The fraction of sp³-hybridized carbons (Fsp3) is 0.833. The molecule has 1 saturated heterocycles. The van der Waals surface area contributed by atoms with Crippen molar-refractivity contribution in [2.45, 2.75) is 52.6 Å². The van der Waals surface area contributed by atoms with Crippen LogP contribution >= 0.6 is 0 Å². The summed E-state index contributed by atoms with van der Waals surface area (Å²) in [5, 5.41) is 2.69. The zero-order valence-electron chi connectivity index (χ0n) is 10.6. The Bertz CT molecular complexity index is 274. The van der Waals surface area contributed by atoms with E-state index in [1.165, 1.54) is 0 Å². The molecule has 1 fully saturated rings. The second kappa shape index (κ2) is 5.32. The van der Waals surface area contributed by atoms with Crippen molar-refractivity contribution in [3.63, 3.8) is 0 Å². The Morgan fingerprint density at radius 3 is 2.31 bits per heavy atom. The van der Waals surface area contributed by atoms with Crippen LogP contribution in [-0.2, 0) is 9.59 Å². The zero-order chi connectivity index (χ0) is 12.3. The van der Waals surface area contributed by atoms with Crippen LogP contribution in [0.1, 0.15) is 40.5 Å². The van der Waals surface area contributed by atoms with E-state index >= 15 is 0 Å². The summed E-state index contributed by atoms with van der Waals surface area (Å²) in [5.41, 5.74) is 0. The molecule has 0 aliphatic carbocycles. The summed E-state index contributed by atoms with van der Waals surface area (Å²) in [6, 6.07) is -0.706. The predicted octanol–water partition coefficient (Wildman–Crippen LogP) is 1.16. The first-order chi connectivity index (χ1) is 7.51. The molecule has 4 heteroatoms. The van der Waals surface area contributed by atoms with E-state index in [-0.39, 0.29) is 23.9 Å². The van der Waals surface area contributed by atoms with E-state index in [4.69, 9.17) is 0 Å². The van der Waals surface area contributed by atoms with Gasteiger partial charge >= 0.3 is 0 Å². The largest absolute Gasteiger partial charge is 0.343 e. The lowest BCUT2D eigenvalue weighted by molar-refractivity contribution is -0.148. The van der Waals surface area contributed by atoms with Crippen LogP contribution in [0.3, 0.4) is 0 Å². The van der Waals surface area contributed by atoms with Gasteiger partial charge in [-0.15, -0.1) is 0 Å². The normalized spacial score (nSPS) is 26.2. The highest BCUT2D eigenvalue weighted by atomic mass is 16.2. The first-order valence-electron chi connectivity index (χ1n) is 6.12. The van der Waals surface area contributed by atoms with Gasteiger partial charge in [0.15, 0.2) is 0 Å². The van der Waals surface area contributed by atoms with Gasteiger partial charge in [0, 0.05) is 6.54 Å². The highest BCUT2D eigenvalue weighted by molar-refractivity contribution is 5.96. The zero-order valence-corrected chi connectivity index (χ0v) is 10.6. The highest BCUT2D eigenvalue weighted by Gasteiger charge is 2.36. The SMILES string of the molecule is CCC(CC)CN1C(=O)C(C)NC(=O)C1C. The van der Waals surface area contributed by atoms with Crippen molar-refractivity contribution in [1.29, 1.82) is 0 Å². The van der Waals surface area contributed by atoms with Gasteiger partial charge in [0.2, 0.25) is 11.8 Å². The molecule has 1 aliphatic heterocycles. The molecule has 4 nitrogen and oxygen atoms in total. The molecule has 0 radical (unpaired) electrons. The molecule has 2 amide bonds. The topological polar surface area (TPSA) is 49.4 Å². The van der Waals surface area contributed by atoms with Crippen molar-refractivity contribution in [2.24, 2.45) is 5.92 Å². The Balaban J connectivity index is 2.74. The van der Waals surface area contributed by atoms with Gasteiger partial charge in [-0.3, -0.25) is 9.59 Å². The molecule has 16 heavy (non-hydrogen) atoms. The van der Waals surface area contributed by atoms with Crippen molar-refractivity contribution in [2.75, 3.05) is 6.54 Å². The van der Waals surface area contributed by atoms with Gasteiger partial charge in [-0.1, -0.05) is 26.7 Å². The van der Waals surface area contributed by atoms with E-state index in [1.807, 2.05) is 0 Å². The third-order valence-electron chi connectivity index (χ3n) is 3.47. The van der Waals surface area contributed by atoms with Gasteiger partial charge in [-0.25, -0.2) is 0 Å². The van der Waals surface area contributed by atoms with Gasteiger partial charge in [-0.05, 0) is 19.8 Å². The van der Waals surface area contributed by atoms with Crippen LogP contribution in [0.15, 0.2) is 0 Å². The van der Waals surface area contributed by atoms with Crippen molar-refractivity contribution >= 4 is 11.8 Å². The number of amides is 2. The molecule has 0 bridgehead atoms. The number of nitrogens with one attached hydrogen (secondary N) is 1. The summed E-state index contributed by atoms with van der Waals surface area (Å²) in [4.78, 5) is 25.3. The summed E-state index contributed by atoms with van der Waals surface area (Å²) in [5.74, 6) is 0.488. The van der Waals surface area contributed by atoms with Crippen LogP contribution < -0.4 is 5.32 Å². The molecular formula is C12H22N2O2. The maximum absolute atomic E-state index is 12.0. The van der Waals surface area contributed by atoms with Crippen LogP contribution in [-0.4, -0.2) is 35.3 Å². The number of nitrogens with zero attached hydrogens (tertiary/aromatic N) is 1. The van der Waals surface area contributed by atoms with Crippen LogP contribution in [0.25, 0.3) is 0 Å². The maximum Gasteiger partial charge on any atom is 0.245 e. The van der Waals surface area contributed by atoms with Crippen LogP contribution in [0.5, 0.6) is 0 Å². The third kappa shape index (κ3) is 2.54. The van der Waals surface area contributed by atoms with E-state index in [1.54, 1.807) is 18.7 Å². The molecule has 2 atom stereocenters. The lowest BCUT2D eigenvalue weighted by Crippen LogP contribution is -2.62. The average molecular weight is 226 g/mol. The standard InChI is InChI=1S/C12H22N2O2/c1-5-10(6-2)7-14-9(4)11(15)13-8(3)12(14)16/h8-10H,5-7H2,1-4H3,(H,13,15). The fourth-order valence-electron chi connectivity index (χ4n) is 2.05. The monoisotopic (exact) mass is 226 g/mol. The Morgan fingerprint density at radius 1 is 1.25 bits per heavy atom. The van der Waals surface area contributed by atoms with E-state index in [0.29, 0.717) is 12.5 Å². The average Bonchev–Trinajstić information content (AvgIpc) is 2.27. The molecular weight excluding hydrogens is 204 g/mol. The van der Waals surface area contributed by atoms with Gasteiger partial charge in [0.05, 0.1) is 0 Å². The summed E-state index contributed by atoms with van der Waals surface area (Å²) in [6.07, 6.45) is 2.09. The van der Waals surface area contributed by atoms with Gasteiger partial charge in [-0.2, -0.15) is 0 Å². The van der Waals surface area contributed by atoms with Gasteiger partial charge in [0.25, 0.3) is 0 Å². The maximum atomic E-state index is 12.0. The van der Waals surface area contributed by atoms with E-state index in [2.05, 4.69) is 19.2 Å². The number of carbonyl (C=O) groups is 2. The molecule has 1 heterocycles. The highest BCUT2D eigenvalue weighted by Crippen LogP contribution is 2.16. The molecule has 0 saturated carbocycles. The van der Waals surface area contributed by atoms with E-state index in [9.17, 15) is 9.59 Å². The minimum Gasteiger partial charge on any atom is -0.343 e. The second-order valence-electron chi connectivity index (χ2n) is 4.58. The molecule has 1 rings (SSSR count). The quantitative estimate of drug-likeness (QED) is 0.782. The Kier molecular flexibility index (Phi) is 4.33. The van der Waals surface area contributed by atoms with Crippen molar-refractivity contribution in [1.82, 2.24) is 10.2 Å². The Hall–Kier alpha value is -1.06. The van der Waals surface area contributed by atoms with Crippen molar-refractivity contribution < 1.29 is 9.59 Å². The van der Waals surface area contributed by atoms with Crippen LogP contribution in [0, 0.1) is 5.92 Å². The molecule has 1 aliphatic rings. The smallest absolute Gasteiger partial charge is 0.245 e. The number of rotatable bonds is 4. The van der Waals surface area contributed by atoms with Crippen LogP contribution in [0.2, 0.25) is 0 Å². The number of carbonyl (C=O) groups excluding carboxylic acids is 2. The summed E-state index contributed by atoms with van der Waals surface area (Å²) in [6.45, 7) is 8.48. The summed E-state index contributed by atoms with van der Waals surface area (Å²) < 4.78 is 0. The second-order valence-corrected chi connectivity index (χ2v) is 4.58. The predicted molar refractivity (Wildman–Crippen MR) is 62.9 cm³/mol. The van der Waals surface area contributed by atoms with E-state index in [0.717, 1.165) is 12.8 Å².